The number of phenols is 2. The minimum absolute atomic E-state index is 0.0431. The molecule has 28 N–H and O–H groups in total. The number of carbonyl (C=O) groups excluding carboxylic acids is 14. The van der Waals surface area contributed by atoms with Crippen LogP contribution < -0.4 is 102 Å². The van der Waals surface area contributed by atoms with Gasteiger partial charge in [0.1, 0.15) is 65.9 Å². The van der Waals surface area contributed by atoms with Crippen LogP contribution in [0.5, 0.6) is 11.5 Å². The number of phenolic OH excluding ortho intramolecular Hbond substituents is 2. The zero-order valence-electron chi connectivity index (χ0n) is 62.1. The number of carbonyl (C=O) groups is 16. The van der Waals surface area contributed by atoms with Crippen LogP contribution in [0, 0.1) is 10.8 Å². The van der Waals surface area contributed by atoms with E-state index in [-0.39, 0.29) is 158 Å². The lowest BCUT2D eigenvalue weighted by atomic mass is 10.0. The van der Waals surface area contributed by atoms with Crippen molar-refractivity contribution in [1.82, 2.24) is 85.1 Å². The summed E-state index contributed by atoms with van der Waals surface area (Å²) in [6, 6.07) is -3.29. The first-order valence-corrected chi connectivity index (χ1v) is 39.2. The molecule has 0 saturated carbocycles. The van der Waals surface area contributed by atoms with Crippen LogP contribution in [0.3, 0.4) is 0 Å². The third-order valence-corrected chi connectivity index (χ3v) is 19.1. The van der Waals surface area contributed by atoms with E-state index in [0.29, 0.717) is 36.1 Å². The highest BCUT2D eigenvalue weighted by Gasteiger charge is 2.36. The lowest BCUT2D eigenvalue weighted by Crippen LogP contribution is -2.58. The van der Waals surface area contributed by atoms with Crippen LogP contribution >= 0.6 is 21.6 Å². The maximum atomic E-state index is 14.5. The Hall–Kier alpha value is -11.2. The largest absolute Gasteiger partial charge is 0.508 e. The molecule has 618 valence electrons. The van der Waals surface area contributed by atoms with Gasteiger partial charge in [-0.2, -0.15) is 0 Å². The molecule has 2 aliphatic heterocycles. The average molecular weight is 1610 g/mol. The summed E-state index contributed by atoms with van der Waals surface area (Å²) in [6.45, 7) is -1.27. The molecule has 0 radical (unpaired) electrons. The highest BCUT2D eigenvalue weighted by atomic mass is 33.1. The van der Waals surface area contributed by atoms with Gasteiger partial charge in [0.05, 0.1) is 32.0 Å². The Kier molecular flexibility index (Phi) is 42.0. The van der Waals surface area contributed by atoms with Gasteiger partial charge in [-0.05, 0) is 125 Å². The number of nitrogens with one attached hydrogen (secondary N) is 18. The smallest absolute Gasteiger partial charge is 0.305 e. The number of amides is 14. The molecule has 112 heavy (non-hydrogen) atoms. The van der Waals surface area contributed by atoms with Crippen molar-refractivity contribution in [3.8, 4) is 11.5 Å². The second-order valence-electron chi connectivity index (χ2n) is 26.4. The van der Waals surface area contributed by atoms with Crippen molar-refractivity contribution in [1.29, 1.82) is 10.8 Å². The number of guanidine groups is 2. The number of hydrogen-bond acceptors (Lipinski definition) is 23. The molecule has 4 rings (SSSR count). The molecular weight excluding hydrogens is 1510 g/mol. The molecule has 0 spiro atoms. The number of aliphatic carboxylic acids is 2. The molecule has 14 amide bonds. The average Bonchev–Trinajstić information content (AvgIpc) is 1.19. The van der Waals surface area contributed by atoms with Crippen LogP contribution in [0.4, 0.5) is 0 Å². The topological polar surface area (TPSA) is 672 Å². The van der Waals surface area contributed by atoms with Crippen LogP contribution in [0.25, 0.3) is 0 Å². The molecular formula is C69H105N21O20S2. The number of nitrogens with two attached hydrogens (primary N) is 3. The number of rotatable bonds is 41. The first-order chi connectivity index (χ1) is 53.3. The first kappa shape index (κ1) is 93.1. The Labute approximate surface area is 653 Å². The fourth-order valence-electron chi connectivity index (χ4n) is 11.3. The molecule has 2 saturated heterocycles. The van der Waals surface area contributed by atoms with Crippen LogP contribution in [-0.2, 0) is 89.6 Å². The summed E-state index contributed by atoms with van der Waals surface area (Å²) in [4.78, 5) is 216. The van der Waals surface area contributed by atoms with E-state index in [2.05, 4.69) is 85.1 Å². The van der Waals surface area contributed by atoms with Crippen molar-refractivity contribution in [3.63, 3.8) is 0 Å². The molecule has 0 aromatic heterocycles. The molecule has 2 fully saturated rings. The van der Waals surface area contributed by atoms with Crippen molar-refractivity contribution in [2.24, 2.45) is 17.2 Å². The monoisotopic (exact) mass is 1610 g/mol. The number of benzene rings is 2. The number of unbranched alkanes of at least 4 members (excludes halogenated alkanes) is 4. The van der Waals surface area contributed by atoms with E-state index in [4.69, 9.17) is 28.0 Å². The molecule has 4 unspecified atom stereocenters. The molecule has 2 aliphatic rings. The maximum absolute atomic E-state index is 14.5. The quantitative estimate of drug-likeness (QED) is 0.0128. The fourth-order valence-corrected chi connectivity index (χ4v) is 12.6. The van der Waals surface area contributed by atoms with E-state index in [1.54, 1.807) is 0 Å². The first-order valence-electron chi connectivity index (χ1n) is 36.4. The molecule has 2 aromatic carbocycles. The van der Waals surface area contributed by atoms with Crippen LogP contribution in [-0.4, -0.2) is 245 Å². The minimum Gasteiger partial charge on any atom is -0.508 e. The van der Waals surface area contributed by atoms with E-state index in [9.17, 15) is 97.1 Å². The zero-order chi connectivity index (χ0) is 82.7. The fraction of sp³-hybridized carbons (Fsp3) is 0.565. The van der Waals surface area contributed by atoms with Crippen LogP contribution in [0.1, 0.15) is 127 Å². The van der Waals surface area contributed by atoms with Gasteiger partial charge in [0.15, 0.2) is 11.9 Å². The van der Waals surface area contributed by atoms with Crippen molar-refractivity contribution in [2.45, 2.75) is 189 Å². The lowest BCUT2D eigenvalue weighted by Gasteiger charge is -2.26. The molecule has 0 aliphatic carbocycles. The van der Waals surface area contributed by atoms with Gasteiger partial charge in [-0.1, -0.05) is 52.3 Å². The van der Waals surface area contributed by atoms with Gasteiger partial charge < -0.3 is 123 Å². The Morgan fingerprint density at radius 1 is 0.446 bits per heavy atom. The predicted molar refractivity (Wildman–Crippen MR) is 408 cm³/mol. The van der Waals surface area contributed by atoms with Crippen molar-refractivity contribution in [3.05, 3.63) is 59.7 Å². The number of carboxylic acids is 2. The molecule has 41 nitrogen and oxygen atoms in total. The molecule has 2 heterocycles. The standard InChI is InChI=1S/C69H105N21O20S2/c1-111-112-37-42(70)58(101)76-27-6-2-3-15-53(94)82-47(59(102)77-28-8-5-12-46-65(108)88-49(32-39-18-22-41(92)23-19-39)67(110)90-51(34-57(99)100)61(104)81-36-55(96)84-44(63(106)86-46)14-10-30-79-69(73)74)24-25-52(93)75-26-7-4-11-45-64(107)87-48(31-38-16-20-40(91)21-17-38)66(109)89-50(33-56(97)98)60(103)80-35-54(95)83-43(62(105)85-45)13-9-29-78-68(71)72/h16-23,42-51,91-92H,2-15,24-37,70H2,1H3,(H,75,93)(H,76,101)(H,77,102)(H,80,103)(H,81,104)(H,82,94)(H,83,95)(H,84,96)(H,85,105)(H,86,106)(H,87,107)(H,88,108)(H,89,109)(H,90,110)(H,97,98)(H,99,100)(H4,71,72,78)(H4,73,74,79)/t42?,43-,44-,45?,46?,47?,48+,49+,50-,51-/m1/s1. The summed E-state index contributed by atoms with van der Waals surface area (Å²) in [5.41, 5.74) is 17.6. The van der Waals surface area contributed by atoms with Crippen molar-refractivity contribution in [2.75, 3.05) is 57.8 Å². The lowest BCUT2D eigenvalue weighted by molar-refractivity contribution is -0.141. The molecule has 0 bridgehead atoms. The summed E-state index contributed by atoms with van der Waals surface area (Å²) in [7, 11) is 2.91. The van der Waals surface area contributed by atoms with E-state index < -0.39 is 175 Å². The van der Waals surface area contributed by atoms with Gasteiger partial charge in [0.2, 0.25) is 82.7 Å². The summed E-state index contributed by atoms with van der Waals surface area (Å²) < 4.78 is 0. The number of carboxylic acid groups (broad SMARTS) is 2. The van der Waals surface area contributed by atoms with Gasteiger partial charge >= 0.3 is 11.9 Å². The Morgan fingerprint density at radius 2 is 0.812 bits per heavy atom. The summed E-state index contributed by atoms with van der Waals surface area (Å²) in [5, 5.41) is 95.0. The van der Waals surface area contributed by atoms with Crippen molar-refractivity contribution < 1.29 is 97.1 Å². The SMILES string of the molecule is CSSCC(N)C(=O)NCCCCCC(=O)NC(CCC(=O)NCCCCC1NC(=O)[C@@H](CCCNC(=N)N)NC(=O)CNC(=O)[C@@H](CC(=O)O)NC(=O)[C@H](Cc2ccc(O)cc2)NC1=O)C(=O)NCCCCC1NC(=O)[C@@H](CCCNC(=N)N)NC(=O)CNC(=O)[C@@H](CC(=O)O)NC(=O)[C@H](Cc2ccc(O)cc2)NC1=O. The van der Waals surface area contributed by atoms with E-state index in [1.165, 1.54) is 70.1 Å². The molecule has 43 heteroatoms. The van der Waals surface area contributed by atoms with Gasteiger partial charge in [-0.15, -0.1) is 0 Å². The van der Waals surface area contributed by atoms with Crippen molar-refractivity contribution >= 4 is 128 Å². The predicted octanol–water partition coefficient (Wildman–Crippen LogP) is -5.65. The van der Waals surface area contributed by atoms with E-state index in [1.807, 2.05) is 6.26 Å². The minimum atomic E-state index is -1.76. The van der Waals surface area contributed by atoms with Gasteiger partial charge in [0, 0.05) is 64.2 Å². The van der Waals surface area contributed by atoms with Crippen LogP contribution in [0.15, 0.2) is 48.5 Å². The number of aromatic hydroxyl groups is 2. The third kappa shape index (κ3) is 37.4. The normalized spacial score (nSPS) is 20.2. The Morgan fingerprint density at radius 3 is 1.23 bits per heavy atom. The van der Waals surface area contributed by atoms with Crippen LogP contribution in [0.2, 0.25) is 0 Å². The Bertz CT molecular complexity index is 3580. The summed E-state index contributed by atoms with van der Waals surface area (Å²) >= 11 is 0. The second-order valence-corrected chi connectivity index (χ2v) is 29.0. The van der Waals surface area contributed by atoms with E-state index >= 15 is 0 Å². The van der Waals surface area contributed by atoms with Gasteiger partial charge in [0.25, 0.3) is 0 Å². The Balaban J connectivity index is 1.55. The highest BCUT2D eigenvalue weighted by Crippen LogP contribution is 2.18. The highest BCUT2D eigenvalue weighted by molar-refractivity contribution is 8.76. The third-order valence-electron chi connectivity index (χ3n) is 17.3. The van der Waals surface area contributed by atoms with E-state index in [0.717, 1.165) is 0 Å². The molecule has 10 atom stereocenters. The number of hydrogen-bond donors (Lipinski definition) is 25. The summed E-state index contributed by atoms with van der Waals surface area (Å²) in [5.74, 6) is -15.5. The second kappa shape index (κ2) is 50.5. The zero-order valence-corrected chi connectivity index (χ0v) is 63.7. The van der Waals surface area contributed by atoms with Gasteiger partial charge in [-0.25, -0.2) is 0 Å². The maximum Gasteiger partial charge on any atom is 0.305 e. The summed E-state index contributed by atoms with van der Waals surface area (Å²) in [6.07, 6.45) is 0.199. The van der Waals surface area contributed by atoms with Gasteiger partial charge in [-0.3, -0.25) is 87.5 Å². The molecule has 2 aromatic rings.